The Labute approximate surface area is 211 Å². The first-order valence-electron chi connectivity index (χ1n) is 9.97. The lowest BCUT2D eigenvalue weighted by molar-refractivity contribution is 0.378. The Morgan fingerprint density at radius 1 is 0.914 bits per heavy atom. The maximum Gasteiger partial charge on any atom is 0.256 e. The first-order chi connectivity index (χ1) is 16.8. The van der Waals surface area contributed by atoms with Gasteiger partial charge in [-0.05, 0) is 42.0 Å². The van der Waals surface area contributed by atoms with Crippen LogP contribution in [0.5, 0.6) is 17.2 Å². The van der Waals surface area contributed by atoms with Gasteiger partial charge in [0.15, 0.2) is 28.3 Å². The molecule has 9 nitrogen and oxygen atoms in total. The summed E-state index contributed by atoms with van der Waals surface area (Å²) < 4.78 is 39.4. The minimum Gasteiger partial charge on any atom is -0.493 e. The second kappa shape index (κ2) is 10.7. The number of aromatic nitrogens is 4. The number of nitrogens with one attached hydrogen (secondary N) is 1. The molecule has 35 heavy (non-hydrogen) atoms. The number of ether oxygens (including phenoxy) is 2. The van der Waals surface area contributed by atoms with Gasteiger partial charge in [-0.1, -0.05) is 47.5 Å². The minimum atomic E-state index is -4.07. The molecule has 0 bridgehead atoms. The van der Waals surface area contributed by atoms with Crippen molar-refractivity contribution >= 4 is 45.1 Å². The van der Waals surface area contributed by atoms with E-state index in [2.05, 4.69) is 24.7 Å². The average Bonchev–Trinajstić information content (AvgIpc) is 2.85. The number of hydrogen-bond donors (Lipinski definition) is 1. The molecular weight excluding hydrogens is 513 g/mol. The van der Waals surface area contributed by atoms with Gasteiger partial charge >= 0.3 is 0 Å². The summed E-state index contributed by atoms with van der Waals surface area (Å²) in [6.07, 6.45) is 4.38. The summed E-state index contributed by atoms with van der Waals surface area (Å²) in [5, 5.41) is 1.28. The van der Waals surface area contributed by atoms with Crippen molar-refractivity contribution in [2.75, 3.05) is 11.8 Å². The quantitative estimate of drug-likeness (QED) is 0.299. The van der Waals surface area contributed by atoms with Gasteiger partial charge in [-0.2, -0.15) is 0 Å². The zero-order valence-corrected chi connectivity index (χ0v) is 20.4. The van der Waals surface area contributed by atoms with Gasteiger partial charge in [0.25, 0.3) is 10.0 Å². The van der Waals surface area contributed by atoms with Crippen LogP contribution in [0.25, 0.3) is 17.7 Å². The minimum absolute atomic E-state index is 0.000465. The summed E-state index contributed by atoms with van der Waals surface area (Å²) in [4.78, 5) is 16.7. The van der Waals surface area contributed by atoms with Crippen LogP contribution in [0.1, 0.15) is 5.56 Å². The lowest BCUT2D eigenvalue weighted by Crippen LogP contribution is -2.13. The van der Waals surface area contributed by atoms with Gasteiger partial charge in [0.2, 0.25) is 11.6 Å². The van der Waals surface area contributed by atoms with E-state index >= 15 is 0 Å². The van der Waals surface area contributed by atoms with E-state index in [1.807, 2.05) is 0 Å². The Morgan fingerprint density at radius 2 is 1.66 bits per heavy atom. The topological polar surface area (TPSA) is 116 Å². The summed E-state index contributed by atoms with van der Waals surface area (Å²) in [6, 6.07) is 15.1. The Bertz CT molecular complexity index is 1480. The van der Waals surface area contributed by atoms with Crippen molar-refractivity contribution in [2.24, 2.45) is 0 Å². The third kappa shape index (κ3) is 6.24. The van der Waals surface area contributed by atoms with E-state index in [1.54, 1.807) is 54.6 Å². The first kappa shape index (κ1) is 24.4. The van der Waals surface area contributed by atoms with Crippen LogP contribution in [-0.2, 0) is 10.0 Å². The number of rotatable bonds is 8. The molecule has 0 atom stereocenters. The van der Waals surface area contributed by atoms with Gasteiger partial charge in [0, 0.05) is 17.4 Å². The maximum atomic E-state index is 12.9. The number of benzene rings is 2. The molecule has 0 saturated carbocycles. The van der Waals surface area contributed by atoms with Crippen LogP contribution in [0, 0.1) is 0 Å². The number of halogens is 2. The zero-order chi connectivity index (χ0) is 24.8. The fourth-order valence-electron chi connectivity index (χ4n) is 2.86. The van der Waals surface area contributed by atoms with Crippen LogP contribution in [0.4, 0.5) is 5.82 Å². The van der Waals surface area contributed by atoms with E-state index in [0.29, 0.717) is 16.3 Å². The highest BCUT2D eigenvalue weighted by atomic mass is 35.5. The van der Waals surface area contributed by atoms with E-state index in [0.717, 1.165) is 5.41 Å². The largest absolute Gasteiger partial charge is 0.493 e. The molecule has 0 spiro atoms. The molecular formula is C23H17Cl2N5O4S. The normalized spacial score (nSPS) is 11.4. The summed E-state index contributed by atoms with van der Waals surface area (Å²) >= 11 is 12.4. The molecule has 0 amide bonds. The summed E-state index contributed by atoms with van der Waals surface area (Å²) in [5.74, 6) is 0.477. The highest BCUT2D eigenvalue weighted by molar-refractivity contribution is 7.95. The molecule has 0 unspecified atom stereocenters. The van der Waals surface area contributed by atoms with Gasteiger partial charge in [0.05, 0.1) is 12.5 Å². The van der Waals surface area contributed by atoms with Crippen molar-refractivity contribution in [2.45, 2.75) is 0 Å². The van der Waals surface area contributed by atoms with Crippen molar-refractivity contribution in [3.8, 4) is 28.9 Å². The fourth-order valence-corrected chi connectivity index (χ4v) is 4.08. The van der Waals surface area contributed by atoms with Gasteiger partial charge < -0.3 is 9.47 Å². The molecule has 0 aliphatic heterocycles. The van der Waals surface area contributed by atoms with E-state index in [1.165, 1.54) is 25.6 Å². The molecule has 4 rings (SSSR count). The smallest absolute Gasteiger partial charge is 0.256 e. The Morgan fingerprint density at radius 3 is 2.37 bits per heavy atom. The summed E-state index contributed by atoms with van der Waals surface area (Å²) in [5.41, 5.74) is 0.590. The number of nitrogens with zero attached hydrogens (tertiary/aromatic N) is 4. The van der Waals surface area contributed by atoms with E-state index < -0.39 is 10.0 Å². The van der Waals surface area contributed by atoms with Crippen LogP contribution in [0.3, 0.4) is 0 Å². The molecule has 12 heteroatoms. The molecule has 4 aromatic rings. The molecule has 178 valence electrons. The highest BCUT2D eigenvalue weighted by Crippen LogP contribution is 2.39. The van der Waals surface area contributed by atoms with E-state index in [9.17, 15) is 8.42 Å². The van der Waals surface area contributed by atoms with Crippen LogP contribution in [0.15, 0.2) is 72.4 Å². The van der Waals surface area contributed by atoms with Gasteiger partial charge in [0.1, 0.15) is 0 Å². The summed E-state index contributed by atoms with van der Waals surface area (Å²) in [6.45, 7) is 0. The zero-order valence-electron chi connectivity index (χ0n) is 18.1. The van der Waals surface area contributed by atoms with Crippen molar-refractivity contribution in [1.29, 1.82) is 0 Å². The molecule has 0 aliphatic rings. The van der Waals surface area contributed by atoms with Gasteiger partial charge in [-0.3, -0.25) is 4.72 Å². The molecule has 2 heterocycles. The standard InChI is InChI=1S/C23H17Cl2N5O4S/c1-33-17-8-2-3-9-18(17)34-19-20(25)28-23(22-26-11-5-12-27-22)29-21(19)30-35(31,32)13-10-15-6-4-7-16(24)14-15/h2-14H,1H3,(H,28,29,30)/b13-10+. The van der Waals surface area contributed by atoms with Gasteiger partial charge in [-0.15, -0.1) is 0 Å². The van der Waals surface area contributed by atoms with E-state index in [4.69, 9.17) is 32.7 Å². The molecule has 0 saturated heterocycles. The second-order valence-electron chi connectivity index (χ2n) is 6.85. The third-order valence-electron chi connectivity index (χ3n) is 4.40. The number of methoxy groups -OCH3 is 1. The van der Waals surface area contributed by atoms with Crippen molar-refractivity contribution in [3.05, 3.63) is 88.1 Å². The molecule has 1 N–H and O–H groups in total. The van der Waals surface area contributed by atoms with Crippen molar-refractivity contribution in [3.63, 3.8) is 0 Å². The Balaban J connectivity index is 1.75. The van der Waals surface area contributed by atoms with Crippen molar-refractivity contribution in [1.82, 2.24) is 19.9 Å². The van der Waals surface area contributed by atoms with Crippen LogP contribution in [0.2, 0.25) is 10.2 Å². The summed E-state index contributed by atoms with van der Waals surface area (Å²) in [7, 11) is -2.59. The van der Waals surface area contributed by atoms with Gasteiger partial charge in [-0.25, -0.2) is 28.4 Å². The lowest BCUT2D eigenvalue weighted by atomic mass is 10.2. The monoisotopic (exact) mass is 529 g/mol. The second-order valence-corrected chi connectivity index (χ2v) is 9.21. The lowest BCUT2D eigenvalue weighted by Gasteiger charge is -2.15. The third-order valence-corrected chi connectivity index (χ3v) is 5.86. The molecule has 0 fully saturated rings. The Kier molecular flexibility index (Phi) is 7.45. The fraction of sp³-hybridized carbons (Fsp3) is 0.0435. The number of para-hydroxylation sites is 2. The van der Waals surface area contributed by atoms with Crippen LogP contribution in [-0.4, -0.2) is 35.5 Å². The number of sulfonamides is 1. The maximum absolute atomic E-state index is 12.9. The van der Waals surface area contributed by atoms with Crippen LogP contribution >= 0.6 is 23.2 Å². The highest BCUT2D eigenvalue weighted by Gasteiger charge is 2.22. The SMILES string of the molecule is COc1ccccc1Oc1c(Cl)nc(-c2ncccn2)nc1NS(=O)(=O)/C=C/c1cccc(Cl)c1. The Hall–Kier alpha value is -3.73. The number of anilines is 1. The molecule has 2 aromatic heterocycles. The number of hydrogen-bond acceptors (Lipinski definition) is 8. The van der Waals surface area contributed by atoms with Crippen LogP contribution < -0.4 is 14.2 Å². The van der Waals surface area contributed by atoms with E-state index in [-0.39, 0.29) is 34.1 Å². The average molecular weight is 530 g/mol. The predicted molar refractivity (Wildman–Crippen MR) is 134 cm³/mol. The first-order valence-corrected chi connectivity index (χ1v) is 12.3. The molecule has 0 aliphatic carbocycles. The molecule has 0 radical (unpaired) electrons. The molecule has 2 aromatic carbocycles. The van der Waals surface area contributed by atoms with Crippen molar-refractivity contribution < 1.29 is 17.9 Å². The predicted octanol–water partition coefficient (Wildman–Crippen LogP) is 5.45.